The van der Waals surface area contributed by atoms with Gasteiger partial charge >= 0.3 is 39.5 Å². The summed E-state index contributed by atoms with van der Waals surface area (Å²) in [6, 6.07) is 0. The fourth-order valence-electron chi connectivity index (χ4n) is 10.2. The largest absolute Gasteiger partial charge is 0.472 e. The summed E-state index contributed by atoms with van der Waals surface area (Å²) in [4.78, 5) is 72.5. The predicted octanol–water partition coefficient (Wildman–Crippen LogP) is 19.3. The highest BCUT2D eigenvalue weighted by Gasteiger charge is 2.30. The highest BCUT2D eigenvalue weighted by molar-refractivity contribution is 7.47. The number of unbranched alkanes of at least 4 members (excludes halogenated alkanes) is 30. The van der Waals surface area contributed by atoms with E-state index in [2.05, 4.69) is 55.4 Å². The lowest BCUT2D eigenvalue weighted by molar-refractivity contribution is -0.161. The second-order valence-corrected chi connectivity index (χ2v) is 29.3. The first-order chi connectivity index (χ1) is 42.2. The minimum absolute atomic E-state index is 0.104. The summed E-state index contributed by atoms with van der Waals surface area (Å²) >= 11 is 0. The zero-order valence-corrected chi connectivity index (χ0v) is 59.1. The molecule has 4 unspecified atom stereocenters. The van der Waals surface area contributed by atoms with E-state index in [1.54, 1.807) is 0 Å². The number of aliphatic hydroxyl groups is 1. The van der Waals surface area contributed by atoms with Gasteiger partial charge in [0, 0.05) is 25.7 Å². The monoisotopic (exact) mass is 1300 g/mol. The molecule has 3 N–H and O–H groups in total. The van der Waals surface area contributed by atoms with Gasteiger partial charge in [-0.2, -0.15) is 0 Å². The van der Waals surface area contributed by atoms with Crippen LogP contribution in [0.2, 0.25) is 0 Å². The Morgan fingerprint density at radius 1 is 0.318 bits per heavy atom. The van der Waals surface area contributed by atoms with E-state index in [-0.39, 0.29) is 25.7 Å². The van der Waals surface area contributed by atoms with Crippen LogP contribution in [0.3, 0.4) is 0 Å². The quantitative estimate of drug-likeness (QED) is 0.0222. The molecule has 0 aromatic rings. The van der Waals surface area contributed by atoms with Crippen molar-refractivity contribution in [2.75, 3.05) is 39.6 Å². The molecule has 0 aromatic heterocycles. The molecule has 0 amide bonds. The van der Waals surface area contributed by atoms with Crippen molar-refractivity contribution in [3.05, 3.63) is 0 Å². The van der Waals surface area contributed by atoms with E-state index in [0.717, 1.165) is 114 Å². The Morgan fingerprint density at radius 2 is 0.545 bits per heavy atom. The summed E-state index contributed by atoms with van der Waals surface area (Å²) in [6.45, 7) is 14.1. The number of aliphatic hydroxyl groups excluding tert-OH is 1. The molecule has 0 heterocycles. The number of carbonyl (C=O) groups is 4. The summed E-state index contributed by atoms with van der Waals surface area (Å²) in [5, 5.41) is 10.6. The third-order valence-corrected chi connectivity index (χ3v) is 18.4. The standard InChI is InChI=1S/C69H134O17P2/c1-9-61(7)47-39-31-22-16-12-14-18-26-36-44-52-69(74)85-64(55-79-66(71)49-41-33-24-20-19-23-32-40-48-62(8)10-2)57-83-87(75,76)81-53-63(70)54-82-88(77,78)84-58-65(56-80-67(72)50-42-34-28-27-30-38-46-60(5)6)86-68(73)51-43-35-25-17-13-11-15-21-29-37-45-59(3)4/h59-65,70H,9-58H2,1-8H3,(H,75,76)(H,77,78)/t61?,62?,63-,64-,65-/m1/s1. The molecule has 0 spiro atoms. The summed E-state index contributed by atoms with van der Waals surface area (Å²) in [7, 11) is -9.90. The van der Waals surface area contributed by atoms with Crippen LogP contribution in [0.15, 0.2) is 0 Å². The highest BCUT2D eigenvalue weighted by Crippen LogP contribution is 2.45. The van der Waals surface area contributed by atoms with Gasteiger partial charge in [0.25, 0.3) is 0 Å². The molecule has 0 radical (unpaired) electrons. The molecule has 7 atom stereocenters. The number of carbonyl (C=O) groups excluding carboxylic acids is 4. The maximum absolute atomic E-state index is 13.0. The topological polar surface area (TPSA) is 237 Å². The second-order valence-electron chi connectivity index (χ2n) is 26.4. The van der Waals surface area contributed by atoms with Crippen molar-refractivity contribution in [2.24, 2.45) is 23.7 Å². The van der Waals surface area contributed by atoms with Crippen LogP contribution >= 0.6 is 15.6 Å². The van der Waals surface area contributed by atoms with Crippen molar-refractivity contribution < 1.29 is 80.2 Å². The average molecular weight is 1300 g/mol. The Bertz CT molecular complexity index is 1750. The highest BCUT2D eigenvalue weighted by atomic mass is 31.2. The van der Waals surface area contributed by atoms with Crippen molar-refractivity contribution in [2.45, 2.75) is 356 Å². The Kier molecular flexibility index (Phi) is 57.6. The molecule has 0 aliphatic rings. The molecule has 522 valence electrons. The van der Waals surface area contributed by atoms with Crippen LogP contribution < -0.4 is 0 Å². The van der Waals surface area contributed by atoms with Gasteiger partial charge in [-0.3, -0.25) is 37.3 Å². The van der Waals surface area contributed by atoms with Crippen LogP contribution in [0, 0.1) is 23.7 Å². The zero-order valence-electron chi connectivity index (χ0n) is 57.3. The molecule has 0 saturated heterocycles. The first-order valence-electron chi connectivity index (χ1n) is 35.8. The summed E-state index contributed by atoms with van der Waals surface area (Å²) in [5.41, 5.74) is 0. The molecule has 19 heteroatoms. The Morgan fingerprint density at radius 3 is 0.807 bits per heavy atom. The van der Waals surface area contributed by atoms with Crippen LogP contribution in [0.1, 0.15) is 338 Å². The van der Waals surface area contributed by atoms with Gasteiger partial charge in [0.15, 0.2) is 12.2 Å². The van der Waals surface area contributed by atoms with Crippen LogP contribution in [0.4, 0.5) is 0 Å². The number of ether oxygens (including phenoxy) is 4. The average Bonchev–Trinajstić information content (AvgIpc) is 3.59. The van der Waals surface area contributed by atoms with Crippen LogP contribution in [-0.2, 0) is 65.4 Å². The smallest absolute Gasteiger partial charge is 0.462 e. The molecule has 0 bridgehead atoms. The first-order valence-corrected chi connectivity index (χ1v) is 38.8. The van der Waals surface area contributed by atoms with Gasteiger partial charge in [0.05, 0.1) is 26.4 Å². The van der Waals surface area contributed by atoms with E-state index < -0.39 is 97.5 Å². The molecule has 0 aliphatic carbocycles. The normalized spacial score (nSPS) is 14.9. The predicted molar refractivity (Wildman–Crippen MR) is 354 cm³/mol. The van der Waals surface area contributed by atoms with Crippen molar-refractivity contribution in [3.63, 3.8) is 0 Å². The van der Waals surface area contributed by atoms with Gasteiger partial charge < -0.3 is 33.8 Å². The number of esters is 4. The molecule has 17 nitrogen and oxygen atoms in total. The van der Waals surface area contributed by atoms with E-state index in [4.69, 9.17) is 37.0 Å². The van der Waals surface area contributed by atoms with Gasteiger partial charge in [-0.1, -0.05) is 287 Å². The van der Waals surface area contributed by atoms with Crippen molar-refractivity contribution in [1.29, 1.82) is 0 Å². The number of hydrogen-bond acceptors (Lipinski definition) is 15. The summed E-state index contributed by atoms with van der Waals surface area (Å²) < 4.78 is 68.2. The third kappa shape index (κ3) is 60.3. The molecule has 88 heavy (non-hydrogen) atoms. The van der Waals surface area contributed by atoms with Crippen molar-refractivity contribution in [3.8, 4) is 0 Å². The molecule has 0 aromatic carbocycles. The number of phosphoric acid groups is 2. The second kappa shape index (κ2) is 58.8. The summed E-state index contributed by atoms with van der Waals surface area (Å²) in [5.74, 6) is 0.879. The SMILES string of the molecule is CCC(C)CCCCCCCCCCCCC(=O)O[C@H](COC(=O)CCCCCCCCCCC(C)CC)COP(=O)(O)OC[C@@H](O)COP(=O)(O)OC[C@@H](COC(=O)CCCCCCCCC(C)C)OC(=O)CCCCCCCCCCCCC(C)C. The maximum Gasteiger partial charge on any atom is 0.472 e. The van der Waals surface area contributed by atoms with Gasteiger partial charge in [-0.25, -0.2) is 9.13 Å². The summed E-state index contributed by atoms with van der Waals surface area (Å²) in [6.07, 6.45) is 40.3. The molecular weight excluding hydrogens is 1160 g/mol. The van der Waals surface area contributed by atoms with E-state index >= 15 is 0 Å². The minimum Gasteiger partial charge on any atom is -0.462 e. The third-order valence-electron chi connectivity index (χ3n) is 16.5. The molecular formula is C69H134O17P2. The van der Waals surface area contributed by atoms with E-state index in [1.165, 1.54) is 135 Å². The van der Waals surface area contributed by atoms with Crippen molar-refractivity contribution in [1.82, 2.24) is 0 Å². The van der Waals surface area contributed by atoms with Crippen LogP contribution in [-0.4, -0.2) is 96.7 Å². The molecule has 0 saturated carbocycles. The van der Waals surface area contributed by atoms with Gasteiger partial charge in [0.1, 0.15) is 19.3 Å². The molecule has 0 rings (SSSR count). The lowest BCUT2D eigenvalue weighted by atomic mass is 9.99. The Labute approximate surface area is 537 Å². The van der Waals surface area contributed by atoms with Gasteiger partial charge in [-0.15, -0.1) is 0 Å². The fourth-order valence-corrected chi connectivity index (χ4v) is 11.8. The first kappa shape index (κ1) is 86.1. The molecule has 0 aliphatic heterocycles. The molecule has 0 fully saturated rings. The number of phosphoric ester groups is 2. The number of rotatable bonds is 66. The fraction of sp³-hybridized carbons (Fsp3) is 0.942. The lowest BCUT2D eigenvalue weighted by Crippen LogP contribution is -2.30. The van der Waals surface area contributed by atoms with Gasteiger partial charge in [0.2, 0.25) is 0 Å². The lowest BCUT2D eigenvalue weighted by Gasteiger charge is -2.21. The Hall–Kier alpha value is -1.94. The van der Waals surface area contributed by atoms with Gasteiger partial charge in [-0.05, 0) is 49.4 Å². The van der Waals surface area contributed by atoms with E-state index in [9.17, 15) is 43.2 Å². The van der Waals surface area contributed by atoms with E-state index in [0.29, 0.717) is 31.6 Å². The minimum atomic E-state index is -4.95. The van der Waals surface area contributed by atoms with Crippen LogP contribution in [0.5, 0.6) is 0 Å². The zero-order chi connectivity index (χ0) is 65.4. The van der Waals surface area contributed by atoms with Crippen LogP contribution in [0.25, 0.3) is 0 Å². The number of hydrogen-bond donors (Lipinski definition) is 3. The van der Waals surface area contributed by atoms with Crippen molar-refractivity contribution >= 4 is 39.5 Å². The Balaban J connectivity index is 5.27. The van der Waals surface area contributed by atoms with E-state index in [1.807, 2.05) is 0 Å². The maximum atomic E-state index is 13.0.